The van der Waals surface area contributed by atoms with E-state index >= 15 is 0 Å². The van der Waals surface area contributed by atoms with Gasteiger partial charge in [0.05, 0.1) is 12.7 Å². The summed E-state index contributed by atoms with van der Waals surface area (Å²) in [6, 6.07) is 17.0. The van der Waals surface area contributed by atoms with Crippen LogP contribution >= 0.6 is 11.3 Å². The Morgan fingerprint density at radius 3 is 2.34 bits per heavy atom. The standard InChI is InChI=1S/C22H22N2O4S/c1-14-18(12-15-8-4-3-5-9-15)29-22(20(14)21(23)26)24-19(25)13-28-17-11-7-6-10-16(17)27-2/h3-11H,12-13H2,1-2H3,(H2,23,26)(H,24,25). The lowest BCUT2D eigenvalue weighted by molar-refractivity contribution is -0.118. The molecule has 0 atom stereocenters. The van der Waals surface area contributed by atoms with Gasteiger partial charge in [-0.25, -0.2) is 0 Å². The normalized spacial score (nSPS) is 10.4. The number of benzene rings is 2. The highest BCUT2D eigenvalue weighted by Gasteiger charge is 2.21. The average Bonchev–Trinajstić information content (AvgIpc) is 3.02. The molecule has 0 saturated carbocycles. The molecular formula is C22H22N2O4S. The Labute approximate surface area is 173 Å². The van der Waals surface area contributed by atoms with E-state index in [1.807, 2.05) is 43.3 Å². The number of primary amides is 1. The van der Waals surface area contributed by atoms with Crippen LogP contribution in [0.1, 0.15) is 26.4 Å². The highest BCUT2D eigenvalue weighted by Crippen LogP contribution is 2.34. The van der Waals surface area contributed by atoms with Crippen LogP contribution in [0.3, 0.4) is 0 Å². The van der Waals surface area contributed by atoms with E-state index in [2.05, 4.69) is 5.32 Å². The Balaban J connectivity index is 1.74. The molecule has 150 valence electrons. The highest BCUT2D eigenvalue weighted by atomic mass is 32.1. The number of para-hydroxylation sites is 2. The summed E-state index contributed by atoms with van der Waals surface area (Å²) in [5.41, 5.74) is 7.81. The SMILES string of the molecule is COc1ccccc1OCC(=O)Nc1sc(Cc2ccccc2)c(C)c1C(N)=O. The average molecular weight is 410 g/mol. The molecule has 3 N–H and O–H groups in total. The number of amides is 2. The molecule has 0 aliphatic carbocycles. The van der Waals surface area contributed by atoms with Crippen LogP contribution in [0.5, 0.6) is 11.5 Å². The zero-order valence-electron chi connectivity index (χ0n) is 16.2. The number of hydrogen-bond acceptors (Lipinski definition) is 5. The fourth-order valence-electron chi connectivity index (χ4n) is 2.94. The van der Waals surface area contributed by atoms with Crippen molar-refractivity contribution in [3.63, 3.8) is 0 Å². The number of carbonyl (C=O) groups is 2. The van der Waals surface area contributed by atoms with E-state index < -0.39 is 5.91 Å². The van der Waals surface area contributed by atoms with Gasteiger partial charge in [0.15, 0.2) is 18.1 Å². The number of anilines is 1. The largest absolute Gasteiger partial charge is 0.493 e. The van der Waals surface area contributed by atoms with Crippen molar-refractivity contribution < 1.29 is 19.1 Å². The first-order valence-electron chi connectivity index (χ1n) is 9.01. The molecule has 7 heteroatoms. The smallest absolute Gasteiger partial charge is 0.262 e. The number of rotatable bonds is 8. The van der Waals surface area contributed by atoms with Gasteiger partial charge >= 0.3 is 0 Å². The van der Waals surface area contributed by atoms with Crippen LogP contribution in [-0.2, 0) is 11.2 Å². The molecule has 0 radical (unpaired) electrons. The summed E-state index contributed by atoms with van der Waals surface area (Å²) in [5.74, 6) is 0.0487. The molecule has 6 nitrogen and oxygen atoms in total. The van der Waals surface area contributed by atoms with Crippen LogP contribution < -0.4 is 20.5 Å². The lowest BCUT2D eigenvalue weighted by Gasteiger charge is -2.10. The second-order valence-electron chi connectivity index (χ2n) is 6.37. The summed E-state index contributed by atoms with van der Waals surface area (Å²) in [6.07, 6.45) is 0.658. The predicted molar refractivity (Wildman–Crippen MR) is 114 cm³/mol. The summed E-state index contributed by atoms with van der Waals surface area (Å²) in [7, 11) is 1.53. The monoisotopic (exact) mass is 410 g/mol. The summed E-state index contributed by atoms with van der Waals surface area (Å²) in [6.45, 7) is 1.62. The van der Waals surface area contributed by atoms with Gasteiger partial charge in [-0.2, -0.15) is 0 Å². The van der Waals surface area contributed by atoms with E-state index in [9.17, 15) is 9.59 Å². The number of methoxy groups -OCH3 is 1. The van der Waals surface area contributed by atoms with E-state index in [1.165, 1.54) is 18.4 Å². The molecule has 0 bridgehead atoms. The third kappa shape index (κ3) is 4.94. The predicted octanol–water partition coefficient (Wildman–Crippen LogP) is 3.77. The van der Waals surface area contributed by atoms with Gasteiger partial charge in [0, 0.05) is 11.3 Å². The van der Waals surface area contributed by atoms with Crippen molar-refractivity contribution in [2.24, 2.45) is 5.73 Å². The van der Waals surface area contributed by atoms with Crippen molar-refractivity contribution >= 4 is 28.2 Å². The number of ether oxygens (including phenoxy) is 2. The number of thiophene rings is 1. The molecule has 0 aliphatic heterocycles. The molecule has 3 rings (SSSR count). The highest BCUT2D eigenvalue weighted by molar-refractivity contribution is 7.17. The van der Waals surface area contributed by atoms with Crippen molar-refractivity contribution in [1.82, 2.24) is 0 Å². The number of carbonyl (C=O) groups excluding carboxylic acids is 2. The number of nitrogens with one attached hydrogen (secondary N) is 1. The third-order valence-electron chi connectivity index (χ3n) is 4.38. The Morgan fingerprint density at radius 2 is 1.69 bits per heavy atom. The minimum atomic E-state index is -0.570. The molecule has 0 aliphatic rings. The summed E-state index contributed by atoms with van der Waals surface area (Å²) in [5, 5.41) is 3.20. The maximum atomic E-state index is 12.4. The minimum absolute atomic E-state index is 0.219. The molecule has 0 spiro atoms. The third-order valence-corrected chi connectivity index (χ3v) is 5.59. The summed E-state index contributed by atoms with van der Waals surface area (Å²) < 4.78 is 10.8. The van der Waals surface area contributed by atoms with Crippen LogP contribution in [-0.4, -0.2) is 25.5 Å². The molecule has 1 aromatic heterocycles. The molecule has 0 unspecified atom stereocenters. The van der Waals surface area contributed by atoms with Crippen molar-refractivity contribution in [3.8, 4) is 11.5 Å². The Hall–Kier alpha value is -3.32. The van der Waals surface area contributed by atoms with Gasteiger partial charge in [0.1, 0.15) is 5.00 Å². The van der Waals surface area contributed by atoms with Gasteiger partial charge in [-0.1, -0.05) is 42.5 Å². The molecule has 1 heterocycles. The van der Waals surface area contributed by atoms with Crippen LogP contribution in [0.4, 0.5) is 5.00 Å². The lowest BCUT2D eigenvalue weighted by Crippen LogP contribution is -2.22. The summed E-state index contributed by atoms with van der Waals surface area (Å²) >= 11 is 1.35. The minimum Gasteiger partial charge on any atom is -0.493 e. The fourth-order valence-corrected chi connectivity index (χ4v) is 4.20. The van der Waals surface area contributed by atoms with Crippen LogP contribution in [0.25, 0.3) is 0 Å². The molecule has 3 aromatic rings. The zero-order valence-corrected chi connectivity index (χ0v) is 17.0. The van der Waals surface area contributed by atoms with Gasteiger partial charge < -0.3 is 20.5 Å². The molecular weight excluding hydrogens is 388 g/mol. The fraction of sp³-hybridized carbons (Fsp3) is 0.182. The van der Waals surface area contributed by atoms with Crippen LogP contribution in [0.2, 0.25) is 0 Å². The first kappa shape index (κ1) is 20.4. The molecule has 29 heavy (non-hydrogen) atoms. The second-order valence-corrected chi connectivity index (χ2v) is 7.47. The topological polar surface area (TPSA) is 90.7 Å². The van der Waals surface area contributed by atoms with Gasteiger partial charge in [-0.05, 0) is 30.2 Å². The Bertz CT molecular complexity index is 1010. The quantitative estimate of drug-likeness (QED) is 0.591. The Morgan fingerprint density at radius 1 is 1.03 bits per heavy atom. The second kappa shape index (κ2) is 9.25. The van der Waals surface area contributed by atoms with Crippen LogP contribution in [0.15, 0.2) is 54.6 Å². The van der Waals surface area contributed by atoms with E-state index in [-0.39, 0.29) is 12.5 Å². The van der Waals surface area contributed by atoms with E-state index in [0.29, 0.717) is 28.5 Å². The van der Waals surface area contributed by atoms with Crippen molar-refractivity contribution in [3.05, 3.63) is 76.2 Å². The number of hydrogen-bond donors (Lipinski definition) is 2. The molecule has 2 aromatic carbocycles. The van der Waals surface area contributed by atoms with E-state index in [0.717, 1.165) is 16.0 Å². The van der Waals surface area contributed by atoms with Gasteiger partial charge in [0.25, 0.3) is 11.8 Å². The first-order valence-corrected chi connectivity index (χ1v) is 9.83. The van der Waals surface area contributed by atoms with Crippen LogP contribution in [0, 0.1) is 6.92 Å². The van der Waals surface area contributed by atoms with Crippen molar-refractivity contribution in [2.75, 3.05) is 19.0 Å². The van der Waals surface area contributed by atoms with Gasteiger partial charge in [-0.3, -0.25) is 9.59 Å². The lowest BCUT2D eigenvalue weighted by atomic mass is 10.1. The molecule has 0 saturated heterocycles. The van der Waals surface area contributed by atoms with E-state index in [1.54, 1.807) is 18.2 Å². The molecule has 0 fully saturated rings. The van der Waals surface area contributed by atoms with Gasteiger partial charge in [0.2, 0.25) is 0 Å². The van der Waals surface area contributed by atoms with Crippen molar-refractivity contribution in [2.45, 2.75) is 13.3 Å². The first-order chi connectivity index (χ1) is 14.0. The molecule has 2 amide bonds. The summed E-state index contributed by atoms with van der Waals surface area (Å²) in [4.78, 5) is 25.4. The van der Waals surface area contributed by atoms with Crippen molar-refractivity contribution in [1.29, 1.82) is 0 Å². The maximum Gasteiger partial charge on any atom is 0.262 e. The number of nitrogens with two attached hydrogens (primary N) is 1. The van der Waals surface area contributed by atoms with Gasteiger partial charge in [-0.15, -0.1) is 11.3 Å². The Kier molecular flexibility index (Phi) is 6.51. The van der Waals surface area contributed by atoms with E-state index in [4.69, 9.17) is 15.2 Å². The maximum absolute atomic E-state index is 12.4. The zero-order chi connectivity index (χ0) is 20.8.